The fourth-order valence-electron chi connectivity index (χ4n) is 4.05. The number of hydrogen-bond donors (Lipinski definition) is 1. The molecule has 0 bridgehead atoms. The summed E-state index contributed by atoms with van der Waals surface area (Å²) in [6.45, 7) is 1.73. The average molecular weight is 449 g/mol. The third-order valence-electron chi connectivity index (χ3n) is 5.75. The second kappa shape index (κ2) is 8.64. The fraction of sp³-hybridized carbons (Fsp3) is 0.524. The van der Waals surface area contributed by atoms with Crippen molar-refractivity contribution in [1.82, 2.24) is 9.29 Å². The summed E-state index contributed by atoms with van der Waals surface area (Å²) in [5, 5.41) is 3.54. The second-order valence-corrected chi connectivity index (χ2v) is 11.3. The van der Waals surface area contributed by atoms with Gasteiger partial charge in [0.2, 0.25) is 10.0 Å². The number of carbonyl (C=O) groups excluding carboxylic acids is 1. The maximum Gasteiger partial charge on any atom is 0.259 e. The van der Waals surface area contributed by atoms with Crippen molar-refractivity contribution in [1.29, 1.82) is 0 Å². The number of aryl methyl sites for hydroxylation is 2. The zero-order valence-electron chi connectivity index (χ0n) is 17.5. The molecule has 9 heteroatoms. The molecule has 1 aliphatic heterocycles. The van der Waals surface area contributed by atoms with E-state index in [1.54, 1.807) is 23.5 Å². The molecule has 2 heterocycles. The first-order valence-corrected chi connectivity index (χ1v) is 12.7. The molecule has 1 aromatic heterocycles. The first kappa shape index (κ1) is 21.3. The van der Waals surface area contributed by atoms with Gasteiger partial charge in [-0.25, -0.2) is 17.7 Å². The number of aromatic nitrogens is 1. The molecule has 1 fully saturated rings. The topological polar surface area (TPSA) is 82.6 Å². The molecule has 30 heavy (non-hydrogen) atoms. The number of hydrogen-bond acceptors (Lipinski definition) is 6. The molecule has 1 aromatic carbocycles. The molecule has 0 atom stereocenters. The van der Waals surface area contributed by atoms with E-state index in [0.29, 0.717) is 10.7 Å². The van der Waals surface area contributed by atoms with Gasteiger partial charge in [-0.3, -0.25) is 10.1 Å². The van der Waals surface area contributed by atoms with Gasteiger partial charge in [-0.1, -0.05) is 6.42 Å². The standard InChI is InChI=1S/C21H28N4O3S2/c1-24(2)30(27,28)15-10-11-18(25-12-6-7-13-25)16(14-15)20(26)23-21-22-17-8-4-3-5-9-19(17)29-21/h10-11,14H,3-9,12-13H2,1-2H3,(H,22,23,26). The molecule has 2 aromatic rings. The Labute approximate surface area is 182 Å². The van der Waals surface area contributed by atoms with Crippen molar-refractivity contribution in [2.24, 2.45) is 0 Å². The Morgan fingerprint density at radius 2 is 1.83 bits per heavy atom. The van der Waals surface area contributed by atoms with Crippen LogP contribution in [0.3, 0.4) is 0 Å². The lowest BCUT2D eigenvalue weighted by Gasteiger charge is -2.22. The Kier molecular flexibility index (Phi) is 6.13. The number of sulfonamides is 1. The Bertz CT molecular complexity index is 1020. The number of amides is 1. The number of nitrogens with zero attached hydrogens (tertiary/aromatic N) is 3. The van der Waals surface area contributed by atoms with E-state index >= 15 is 0 Å². The van der Waals surface area contributed by atoms with Gasteiger partial charge >= 0.3 is 0 Å². The lowest BCUT2D eigenvalue weighted by molar-refractivity contribution is 0.102. The Balaban J connectivity index is 1.67. The molecule has 2 aliphatic rings. The minimum atomic E-state index is -3.63. The highest BCUT2D eigenvalue weighted by molar-refractivity contribution is 7.89. The summed E-state index contributed by atoms with van der Waals surface area (Å²) >= 11 is 1.54. The molecule has 4 rings (SSSR count). The first-order chi connectivity index (χ1) is 14.4. The molecule has 0 radical (unpaired) electrons. The van der Waals surface area contributed by atoms with E-state index in [0.717, 1.165) is 67.3 Å². The lowest BCUT2D eigenvalue weighted by atomic mass is 10.1. The van der Waals surface area contributed by atoms with Gasteiger partial charge in [-0.05, 0) is 56.7 Å². The third-order valence-corrected chi connectivity index (χ3v) is 8.64. The molecule has 0 saturated carbocycles. The van der Waals surface area contributed by atoms with Crippen LogP contribution < -0.4 is 10.2 Å². The molecular weight excluding hydrogens is 420 g/mol. The molecule has 7 nitrogen and oxygen atoms in total. The normalized spacial score (nSPS) is 17.1. The van der Waals surface area contributed by atoms with Crippen molar-refractivity contribution >= 4 is 38.1 Å². The summed E-state index contributed by atoms with van der Waals surface area (Å²) in [7, 11) is -0.646. The number of fused-ring (bicyclic) bond motifs is 1. The van der Waals surface area contributed by atoms with Gasteiger partial charge in [0.05, 0.1) is 16.2 Å². The van der Waals surface area contributed by atoms with Crippen LogP contribution in [0.2, 0.25) is 0 Å². The summed E-state index contributed by atoms with van der Waals surface area (Å²) in [5.74, 6) is -0.309. The van der Waals surface area contributed by atoms with Crippen molar-refractivity contribution in [2.75, 3.05) is 37.4 Å². The first-order valence-electron chi connectivity index (χ1n) is 10.5. The molecule has 0 unspecified atom stereocenters. The smallest absolute Gasteiger partial charge is 0.259 e. The van der Waals surface area contributed by atoms with E-state index in [9.17, 15) is 13.2 Å². The van der Waals surface area contributed by atoms with Gasteiger partial charge in [-0.2, -0.15) is 0 Å². The van der Waals surface area contributed by atoms with Crippen LogP contribution in [-0.2, 0) is 22.9 Å². The molecule has 1 saturated heterocycles. The predicted octanol–water partition coefficient (Wildman–Crippen LogP) is 3.51. The quantitative estimate of drug-likeness (QED) is 0.708. The van der Waals surface area contributed by atoms with E-state index in [2.05, 4.69) is 15.2 Å². The second-order valence-electron chi connectivity index (χ2n) is 8.06. The van der Waals surface area contributed by atoms with Crippen LogP contribution in [0.1, 0.15) is 53.0 Å². The number of rotatable bonds is 5. The van der Waals surface area contributed by atoms with Gasteiger partial charge in [0.25, 0.3) is 5.91 Å². The number of nitrogens with one attached hydrogen (secondary N) is 1. The van der Waals surface area contributed by atoms with Crippen molar-refractivity contribution < 1.29 is 13.2 Å². The summed E-state index contributed by atoms with van der Waals surface area (Å²) in [5.41, 5.74) is 2.25. The molecular formula is C21H28N4O3S2. The number of carbonyl (C=O) groups is 1. The summed E-state index contributed by atoms with van der Waals surface area (Å²) < 4.78 is 26.4. The van der Waals surface area contributed by atoms with Crippen LogP contribution in [-0.4, -0.2) is 50.8 Å². The Morgan fingerprint density at radius 1 is 1.10 bits per heavy atom. The predicted molar refractivity (Wildman–Crippen MR) is 120 cm³/mol. The highest BCUT2D eigenvalue weighted by Gasteiger charge is 2.25. The minimum absolute atomic E-state index is 0.121. The summed E-state index contributed by atoms with van der Waals surface area (Å²) in [6, 6.07) is 4.84. The summed E-state index contributed by atoms with van der Waals surface area (Å²) in [6.07, 6.45) is 7.61. The average Bonchev–Trinajstić information content (AvgIpc) is 3.33. The van der Waals surface area contributed by atoms with Gasteiger partial charge in [-0.15, -0.1) is 11.3 Å². The van der Waals surface area contributed by atoms with E-state index in [-0.39, 0.29) is 10.8 Å². The number of anilines is 2. The molecule has 162 valence electrons. The van der Waals surface area contributed by atoms with E-state index in [4.69, 9.17) is 0 Å². The van der Waals surface area contributed by atoms with Crippen molar-refractivity contribution in [2.45, 2.75) is 49.8 Å². The van der Waals surface area contributed by atoms with Crippen LogP contribution >= 0.6 is 11.3 Å². The number of thiazole rings is 1. The third kappa shape index (κ3) is 4.24. The lowest BCUT2D eigenvalue weighted by Crippen LogP contribution is -2.25. The maximum absolute atomic E-state index is 13.2. The van der Waals surface area contributed by atoms with E-state index < -0.39 is 10.0 Å². The zero-order chi connectivity index (χ0) is 21.3. The molecule has 1 amide bonds. The van der Waals surface area contributed by atoms with Crippen LogP contribution in [0.25, 0.3) is 0 Å². The largest absolute Gasteiger partial charge is 0.371 e. The Hall–Kier alpha value is -1.97. The summed E-state index contributed by atoms with van der Waals surface area (Å²) in [4.78, 5) is 21.4. The van der Waals surface area contributed by atoms with Crippen molar-refractivity contribution in [3.8, 4) is 0 Å². The monoisotopic (exact) mass is 448 g/mol. The molecule has 1 aliphatic carbocycles. The van der Waals surface area contributed by atoms with Crippen molar-refractivity contribution in [3.63, 3.8) is 0 Å². The van der Waals surface area contributed by atoms with Crippen LogP contribution in [0, 0.1) is 0 Å². The van der Waals surface area contributed by atoms with Gasteiger partial charge in [0.15, 0.2) is 5.13 Å². The molecule has 1 N–H and O–H groups in total. The zero-order valence-corrected chi connectivity index (χ0v) is 19.1. The molecule has 0 spiro atoms. The highest BCUT2D eigenvalue weighted by atomic mass is 32.2. The fourth-order valence-corrected chi connectivity index (χ4v) is 6.02. The number of benzene rings is 1. The van der Waals surface area contributed by atoms with Gasteiger partial charge in [0.1, 0.15) is 0 Å². The van der Waals surface area contributed by atoms with Gasteiger partial charge in [0, 0.05) is 37.7 Å². The van der Waals surface area contributed by atoms with Gasteiger partial charge < -0.3 is 4.90 Å². The maximum atomic E-state index is 13.2. The van der Waals surface area contributed by atoms with Crippen LogP contribution in [0.4, 0.5) is 10.8 Å². The van der Waals surface area contributed by atoms with Crippen molar-refractivity contribution in [3.05, 3.63) is 34.3 Å². The SMILES string of the molecule is CN(C)S(=O)(=O)c1ccc(N2CCCC2)c(C(=O)Nc2nc3c(s2)CCCCC3)c1. The van der Waals surface area contributed by atoms with Crippen LogP contribution in [0.5, 0.6) is 0 Å². The van der Waals surface area contributed by atoms with E-state index in [1.807, 2.05) is 0 Å². The van der Waals surface area contributed by atoms with E-state index in [1.165, 1.54) is 31.5 Å². The minimum Gasteiger partial charge on any atom is -0.371 e. The Morgan fingerprint density at radius 3 is 2.57 bits per heavy atom. The highest BCUT2D eigenvalue weighted by Crippen LogP contribution is 2.32. The van der Waals surface area contributed by atoms with Crippen LogP contribution in [0.15, 0.2) is 23.1 Å².